The predicted molar refractivity (Wildman–Crippen MR) is 75.9 cm³/mol. The van der Waals surface area contributed by atoms with Crippen LogP contribution >= 0.6 is 15.9 Å². The summed E-state index contributed by atoms with van der Waals surface area (Å²) in [4.78, 5) is 0. The van der Waals surface area contributed by atoms with Crippen molar-refractivity contribution in [3.8, 4) is 0 Å². The Morgan fingerprint density at radius 2 is 1.83 bits per heavy atom. The van der Waals surface area contributed by atoms with Gasteiger partial charge in [-0.05, 0) is 42.2 Å². The van der Waals surface area contributed by atoms with E-state index in [1.165, 1.54) is 11.6 Å². The predicted octanol–water partition coefficient (Wildman–Crippen LogP) is 3.70. The van der Waals surface area contributed by atoms with Gasteiger partial charge in [0, 0.05) is 10.5 Å². The molecule has 0 spiro atoms. The zero-order valence-corrected chi connectivity index (χ0v) is 11.5. The van der Waals surface area contributed by atoms with Gasteiger partial charge in [-0.25, -0.2) is 4.39 Å². The molecule has 0 bridgehead atoms. The molecule has 1 atom stereocenters. The topological polar surface area (TPSA) is 26.0 Å². The molecular formula is C15H15BrFN. The summed E-state index contributed by atoms with van der Waals surface area (Å²) in [5.41, 5.74) is 8.23. The lowest BCUT2D eigenvalue weighted by molar-refractivity contribution is 0.618. The van der Waals surface area contributed by atoms with Gasteiger partial charge in [0.2, 0.25) is 0 Å². The van der Waals surface area contributed by atoms with Gasteiger partial charge in [0.05, 0.1) is 0 Å². The largest absolute Gasteiger partial charge is 0.327 e. The van der Waals surface area contributed by atoms with Gasteiger partial charge in [0.15, 0.2) is 0 Å². The Balaban J connectivity index is 2.01. The fourth-order valence-corrected chi connectivity index (χ4v) is 2.43. The molecule has 0 amide bonds. The van der Waals surface area contributed by atoms with Crippen molar-refractivity contribution < 1.29 is 4.39 Å². The molecule has 2 aromatic rings. The van der Waals surface area contributed by atoms with Crippen molar-refractivity contribution in [2.45, 2.75) is 18.9 Å². The fraction of sp³-hybridized carbons (Fsp3) is 0.200. The van der Waals surface area contributed by atoms with E-state index >= 15 is 0 Å². The van der Waals surface area contributed by atoms with E-state index in [4.69, 9.17) is 5.73 Å². The lowest BCUT2D eigenvalue weighted by atomic mass is 10.00. The van der Waals surface area contributed by atoms with E-state index in [1.54, 1.807) is 12.1 Å². The van der Waals surface area contributed by atoms with Crippen LogP contribution in [0.2, 0.25) is 0 Å². The van der Waals surface area contributed by atoms with Crippen LogP contribution in [0.3, 0.4) is 0 Å². The normalized spacial score (nSPS) is 12.4. The Labute approximate surface area is 115 Å². The third-order valence-corrected chi connectivity index (χ3v) is 3.60. The zero-order valence-electron chi connectivity index (χ0n) is 9.94. The van der Waals surface area contributed by atoms with Gasteiger partial charge in [0.1, 0.15) is 5.82 Å². The molecule has 3 heteroatoms. The van der Waals surface area contributed by atoms with Gasteiger partial charge in [-0.3, -0.25) is 0 Å². The molecule has 1 unspecified atom stereocenters. The van der Waals surface area contributed by atoms with E-state index in [1.807, 2.05) is 24.3 Å². The van der Waals surface area contributed by atoms with Crippen LogP contribution in [0.4, 0.5) is 4.39 Å². The molecule has 18 heavy (non-hydrogen) atoms. The Kier molecular flexibility index (Phi) is 4.50. The van der Waals surface area contributed by atoms with Gasteiger partial charge < -0.3 is 5.73 Å². The fourth-order valence-electron chi connectivity index (χ4n) is 1.99. The molecule has 94 valence electrons. The van der Waals surface area contributed by atoms with E-state index in [0.29, 0.717) is 6.42 Å². The molecule has 2 rings (SSSR count). The molecule has 0 saturated heterocycles. The van der Waals surface area contributed by atoms with Crippen LogP contribution in [0.5, 0.6) is 0 Å². The highest BCUT2D eigenvalue weighted by atomic mass is 79.9. The first-order valence-electron chi connectivity index (χ1n) is 5.88. The number of nitrogens with two attached hydrogens (primary N) is 1. The van der Waals surface area contributed by atoms with Gasteiger partial charge in [-0.15, -0.1) is 0 Å². The Morgan fingerprint density at radius 3 is 2.56 bits per heavy atom. The van der Waals surface area contributed by atoms with E-state index in [0.717, 1.165) is 16.5 Å². The molecule has 1 nitrogen and oxygen atoms in total. The summed E-state index contributed by atoms with van der Waals surface area (Å²) in [6, 6.07) is 14.6. The minimum absolute atomic E-state index is 0.00880. The highest BCUT2D eigenvalue weighted by molar-refractivity contribution is 9.10. The highest BCUT2D eigenvalue weighted by Gasteiger charge is 2.08. The third kappa shape index (κ3) is 3.65. The first kappa shape index (κ1) is 13.2. The molecule has 0 aromatic heterocycles. The van der Waals surface area contributed by atoms with Gasteiger partial charge in [0.25, 0.3) is 0 Å². The SMILES string of the molecule is NC(Cc1cccc(F)c1)Cc1ccccc1Br. The monoisotopic (exact) mass is 307 g/mol. The molecule has 0 heterocycles. The van der Waals surface area contributed by atoms with Crippen molar-refractivity contribution in [3.63, 3.8) is 0 Å². The van der Waals surface area contributed by atoms with E-state index in [9.17, 15) is 4.39 Å². The van der Waals surface area contributed by atoms with Gasteiger partial charge in [-0.2, -0.15) is 0 Å². The second kappa shape index (κ2) is 6.12. The maximum Gasteiger partial charge on any atom is 0.123 e. The van der Waals surface area contributed by atoms with E-state index < -0.39 is 0 Å². The first-order valence-corrected chi connectivity index (χ1v) is 6.68. The Bertz CT molecular complexity index is 527. The molecule has 0 radical (unpaired) electrons. The zero-order chi connectivity index (χ0) is 13.0. The quantitative estimate of drug-likeness (QED) is 0.915. The van der Waals surface area contributed by atoms with Crippen molar-refractivity contribution in [2.24, 2.45) is 5.73 Å². The summed E-state index contributed by atoms with van der Waals surface area (Å²) in [6.07, 6.45) is 1.46. The molecule has 2 N–H and O–H groups in total. The second-order valence-corrected chi connectivity index (χ2v) is 5.24. The van der Waals surface area contributed by atoms with Crippen LogP contribution in [-0.4, -0.2) is 6.04 Å². The number of hydrogen-bond acceptors (Lipinski definition) is 1. The number of halogens is 2. The molecule has 2 aromatic carbocycles. The van der Waals surface area contributed by atoms with Crippen LogP contribution in [0.25, 0.3) is 0 Å². The Hall–Kier alpha value is -1.19. The molecule has 0 fully saturated rings. The Morgan fingerprint density at radius 1 is 1.06 bits per heavy atom. The van der Waals surface area contributed by atoms with Gasteiger partial charge in [-0.1, -0.05) is 46.3 Å². The summed E-state index contributed by atoms with van der Waals surface area (Å²) in [5.74, 6) is -0.208. The molecule has 0 aliphatic heterocycles. The minimum Gasteiger partial charge on any atom is -0.327 e. The van der Waals surface area contributed by atoms with Crippen LogP contribution in [0.1, 0.15) is 11.1 Å². The highest BCUT2D eigenvalue weighted by Crippen LogP contribution is 2.18. The number of benzene rings is 2. The third-order valence-electron chi connectivity index (χ3n) is 2.83. The van der Waals surface area contributed by atoms with E-state index in [-0.39, 0.29) is 11.9 Å². The van der Waals surface area contributed by atoms with E-state index in [2.05, 4.69) is 22.0 Å². The summed E-state index contributed by atoms with van der Waals surface area (Å²) >= 11 is 3.51. The van der Waals surface area contributed by atoms with Gasteiger partial charge >= 0.3 is 0 Å². The molecule has 0 aliphatic rings. The standard InChI is InChI=1S/C15H15BrFN/c16-15-7-2-1-5-12(15)10-14(18)9-11-4-3-6-13(17)8-11/h1-8,14H,9-10,18H2. The van der Waals surface area contributed by atoms with Crippen molar-refractivity contribution in [3.05, 3.63) is 69.9 Å². The number of hydrogen-bond donors (Lipinski definition) is 1. The average molecular weight is 308 g/mol. The van der Waals surface area contributed by atoms with Crippen LogP contribution in [-0.2, 0) is 12.8 Å². The van der Waals surface area contributed by atoms with Crippen molar-refractivity contribution in [1.82, 2.24) is 0 Å². The van der Waals surface area contributed by atoms with Crippen molar-refractivity contribution >= 4 is 15.9 Å². The average Bonchev–Trinajstić information content (AvgIpc) is 2.32. The summed E-state index contributed by atoms with van der Waals surface area (Å²) in [6.45, 7) is 0. The number of rotatable bonds is 4. The van der Waals surface area contributed by atoms with Crippen LogP contribution in [0, 0.1) is 5.82 Å². The lowest BCUT2D eigenvalue weighted by Gasteiger charge is -2.13. The van der Waals surface area contributed by atoms with Crippen LogP contribution < -0.4 is 5.73 Å². The van der Waals surface area contributed by atoms with Crippen molar-refractivity contribution in [2.75, 3.05) is 0 Å². The molecule has 0 saturated carbocycles. The molecule has 0 aliphatic carbocycles. The summed E-state index contributed by atoms with van der Waals surface area (Å²) < 4.78 is 14.1. The summed E-state index contributed by atoms with van der Waals surface area (Å²) in [5, 5.41) is 0. The maximum absolute atomic E-state index is 13.1. The molecular weight excluding hydrogens is 293 g/mol. The summed E-state index contributed by atoms with van der Waals surface area (Å²) in [7, 11) is 0. The minimum atomic E-state index is -0.208. The van der Waals surface area contributed by atoms with Crippen LogP contribution in [0.15, 0.2) is 53.0 Å². The second-order valence-electron chi connectivity index (χ2n) is 4.39. The smallest absolute Gasteiger partial charge is 0.123 e. The van der Waals surface area contributed by atoms with Crippen molar-refractivity contribution in [1.29, 1.82) is 0 Å². The lowest BCUT2D eigenvalue weighted by Crippen LogP contribution is -2.25. The first-order chi connectivity index (χ1) is 8.65. The maximum atomic E-state index is 13.1.